The third kappa shape index (κ3) is 3.25. The number of fused-ring (bicyclic) bond motifs is 1. The molecule has 3 heterocycles. The fourth-order valence-electron chi connectivity index (χ4n) is 2.96. The quantitative estimate of drug-likeness (QED) is 0.676. The smallest absolute Gasteiger partial charge is 0.128 e. The minimum atomic E-state index is -0.229. The van der Waals surface area contributed by atoms with Gasteiger partial charge in [-0.25, -0.2) is 9.37 Å². The van der Waals surface area contributed by atoms with Gasteiger partial charge in [-0.1, -0.05) is 0 Å². The number of aromatic nitrogens is 2. The van der Waals surface area contributed by atoms with Crippen molar-refractivity contribution in [2.75, 3.05) is 38.2 Å². The summed E-state index contributed by atoms with van der Waals surface area (Å²) in [5.41, 5.74) is 2.90. The number of piperazine rings is 1. The van der Waals surface area contributed by atoms with Crippen molar-refractivity contribution < 1.29 is 9.50 Å². The molecule has 0 unspecified atom stereocenters. The Hall–Kier alpha value is -2.44. The fourth-order valence-corrected chi connectivity index (χ4v) is 2.96. The largest absolute Gasteiger partial charge is 0.400 e. The Morgan fingerprint density at radius 3 is 2.62 bits per heavy atom. The number of halogens is 1. The summed E-state index contributed by atoms with van der Waals surface area (Å²) in [4.78, 5) is 9.99. The van der Waals surface area contributed by atoms with Gasteiger partial charge in [0.2, 0.25) is 0 Å². The number of H-pyrrole nitrogens is 1. The van der Waals surface area contributed by atoms with Crippen LogP contribution in [0, 0.1) is 5.82 Å². The van der Waals surface area contributed by atoms with E-state index in [0.717, 1.165) is 61.1 Å². The SMILES string of the molecule is CO.Fc1ccc2c(-c3ccc(N4CCNCC4)nc3)c[nH]c2c1. The van der Waals surface area contributed by atoms with E-state index in [1.165, 1.54) is 12.1 Å². The van der Waals surface area contributed by atoms with Crippen LogP contribution in [-0.4, -0.2) is 48.4 Å². The lowest BCUT2D eigenvalue weighted by atomic mass is 10.1. The highest BCUT2D eigenvalue weighted by molar-refractivity contribution is 5.95. The molecule has 1 saturated heterocycles. The van der Waals surface area contributed by atoms with Gasteiger partial charge in [-0.05, 0) is 30.3 Å². The van der Waals surface area contributed by atoms with E-state index in [9.17, 15) is 4.39 Å². The van der Waals surface area contributed by atoms with Crippen molar-refractivity contribution in [3.63, 3.8) is 0 Å². The van der Waals surface area contributed by atoms with E-state index in [4.69, 9.17) is 5.11 Å². The summed E-state index contributed by atoms with van der Waals surface area (Å²) < 4.78 is 13.3. The number of hydrogen-bond donors (Lipinski definition) is 3. The zero-order chi connectivity index (χ0) is 16.9. The molecule has 0 saturated carbocycles. The highest BCUT2D eigenvalue weighted by Gasteiger charge is 2.12. The zero-order valence-corrected chi connectivity index (χ0v) is 13.6. The van der Waals surface area contributed by atoms with Crippen LogP contribution in [0.5, 0.6) is 0 Å². The van der Waals surface area contributed by atoms with Crippen molar-refractivity contribution in [2.45, 2.75) is 0 Å². The van der Waals surface area contributed by atoms with Gasteiger partial charge >= 0.3 is 0 Å². The summed E-state index contributed by atoms with van der Waals surface area (Å²) in [6.45, 7) is 3.96. The minimum Gasteiger partial charge on any atom is -0.400 e. The average molecular weight is 328 g/mol. The van der Waals surface area contributed by atoms with Crippen molar-refractivity contribution in [2.24, 2.45) is 0 Å². The molecule has 1 aromatic carbocycles. The maximum atomic E-state index is 13.3. The number of anilines is 1. The Balaban J connectivity index is 0.000000815. The molecule has 0 amide bonds. The van der Waals surface area contributed by atoms with Crippen molar-refractivity contribution in [1.29, 1.82) is 0 Å². The molecule has 3 N–H and O–H groups in total. The second-order valence-electron chi connectivity index (χ2n) is 5.53. The van der Waals surface area contributed by atoms with Crippen LogP contribution in [0.2, 0.25) is 0 Å². The van der Waals surface area contributed by atoms with Gasteiger partial charge in [-0.3, -0.25) is 0 Å². The van der Waals surface area contributed by atoms with Gasteiger partial charge in [0.15, 0.2) is 0 Å². The van der Waals surface area contributed by atoms with Gasteiger partial charge in [0.05, 0.1) is 0 Å². The molecule has 126 valence electrons. The Morgan fingerprint density at radius 1 is 1.12 bits per heavy atom. The molecule has 24 heavy (non-hydrogen) atoms. The molecule has 3 aromatic rings. The highest BCUT2D eigenvalue weighted by Crippen LogP contribution is 2.29. The third-order valence-electron chi connectivity index (χ3n) is 4.14. The standard InChI is InChI=1S/C17H17FN4.CH4O/c18-13-2-3-14-15(11-20-16(14)9-13)12-1-4-17(21-10-12)22-7-5-19-6-8-22;1-2/h1-4,9-11,19-20H,5-8H2;2H,1H3. The molecule has 0 spiro atoms. The summed E-state index contributed by atoms with van der Waals surface area (Å²) >= 11 is 0. The molecule has 1 aliphatic rings. The first-order chi connectivity index (χ1) is 11.8. The van der Waals surface area contributed by atoms with E-state index in [2.05, 4.69) is 32.3 Å². The number of aliphatic hydroxyl groups excluding tert-OH is 1. The van der Waals surface area contributed by atoms with E-state index in [1.54, 1.807) is 6.07 Å². The van der Waals surface area contributed by atoms with Gasteiger partial charge in [0.1, 0.15) is 11.6 Å². The molecule has 0 atom stereocenters. The van der Waals surface area contributed by atoms with Gasteiger partial charge in [0.25, 0.3) is 0 Å². The number of aromatic amines is 1. The first-order valence-corrected chi connectivity index (χ1v) is 7.95. The zero-order valence-electron chi connectivity index (χ0n) is 13.6. The van der Waals surface area contributed by atoms with Gasteiger partial charge in [0, 0.05) is 67.7 Å². The topological polar surface area (TPSA) is 64.2 Å². The lowest BCUT2D eigenvalue weighted by molar-refractivity contribution is 0.399. The second kappa shape index (κ2) is 7.42. The van der Waals surface area contributed by atoms with Gasteiger partial charge < -0.3 is 20.3 Å². The maximum Gasteiger partial charge on any atom is 0.128 e. The Morgan fingerprint density at radius 2 is 1.92 bits per heavy atom. The summed E-state index contributed by atoms with van der Waals surface area (Å²) in [6, 6.07) is 8.95. The van der Waals surface area contributed by atoms with E-state index in [0.29, 0.717) is 0 Å². The summed E-state index contributed by atoms with van der Waals surface area (Å²) in [5.74, 6) is 0.782. The second-order valence-corrected chi connectivity index (χ2v) is 5.53. The summed E-state index contributed by atoms with van der Waals surface area (Å²) in [6.07, 6.45) is 3.80. The van der Waals surface area contributed by atoms with Crippen LogP contribution >= 0.6 is 0 Å². The normalized spacial score (nSPS) is 14.4. The Bertz CT molecular complexity index is 794. The summed E-state index contributed by atoms with van der Waals surface area (Å²) in [7, 11) is 1.00. The number of aliphatic hydroxyl groups is 1. The van der Waals surface area contributed by atoms with Crippen LogP contribution in [0.4, 0.5) is 10.2 Å². The molecule has 6 heteroatoms. The molecular weight excluding hydrogens is 307 g/mol. The van der Waals surface area contributed by atoms with E-state index < -0.39 is 0 Å². The number of hydrogen-bond acceptors (Lipinski definition) is 4. The van der Waals surface area contributed by atoms with E-state index in [1.807, 2.05) is 12.4 Å². The molecule has 5 nitrogen and oxygen atoms in total. The van der Waals surface area contributed by atoms with Crippen molar-refractivity contribution in [3.8, 4) is 11.1 Å². The maximum absolute atomic E-state index is 13.3. The van der Waals surface area contributed by atoms with Crippen molar-refractivity contribution in [1.82, 2.24) is 15.3 Å². The monoisotopic (exact) mass is 328 g/mol. The van der Waals surface area contributed by atoms with Crippen molar-refractivity contribution >= 4 is 16.7 Å². The third-order valence-corrected chi connectivity index (χ3v) is 4.14. The molecule has 4 rings (SSSR count). The molecule has 1 fully saturated rings. The van der Waals surface area contributed by atoms with Crippen molar-refractivity contribution in [3.05, 3.63) is 48.5 Å². The highest BCUT2D eigenvalue weighted by atomic mass is 19.1. The lowest BCUT2D eigenvalue weighted by Gasteiger charge is -2.28. The average Bonchev–Trinajstić information content (AvgIpc) is 3.07. The predicted molar refractivity (Wildman–Crippen MR) is 94.7 cm³/mol. The van der Waals surface area contributed by atoms with E-state index >= 15 is 0 Å². The number of benzene rings is 1. The molecule has 1 aliphatic heterocycles. The first kappa shape index (κ1) is 16.4. The van der Waals surface area contributed by atoms with Crippen LogP contribution in [0.25, 0.3) is 22.0 Å². The molecule has 2 aromatic heterocycles. The molecular formula is C18H21FN4O. The Labute approximate surface area is 140 Å². The lowest BCUT2D eigenvalue weighted by Crippen LogP contribution is -2.43. The van der Waals surface area contributed by atoms with Crippen LogP contribution in [0.15, 0.2) is 42.7 Å². The molecule has 0 bridgehead atoms. The van der Waals surface area contributed by atoms with E-state index in [-0.39, 0.29) is 5.82 Å². The number of pyridine rings is 1. The van der Waals surface area contributed by atoms with Crippen LogP contribution in [-0.2, 0) is 0 Å². The number of rotatable bonds is 2. The van der Waals surface area contributed by atoms with Crippen LogP contribution in [0.3, 0.4) is 0 Å². The number of nitrogens with one attached hydrogen (secondary N) is 2. The molecule has 0 aliphatic carbocycles. The Kier molecular flexibility index (Phi) is 5.08. The summed E-state index contributed by atoms with van der Waals surface area (Å²) in [5, 5.41) is 11.4. The molecule has 0 radical (unpaired) electrons. The van der Waals surface area contributed by atoms with Crippen LogP contribution < -0.4 is 10.2 Å². The fraction of sp³-hybridized carbons (Fsp3) is 0.278. The first-order valence-electron chi connectivity index (χ1n) is 7.95. The minimum absolute atomic E-state index is 0.229. The van der Waals surface area contributed by atoms with Crippen LogP contribution in [0.1, 0.15) is 0 Å². The predicted octanol–water partition coefficient (Wildman–Crippen LogP) is 2.39. The number of nitrogens with zero attached hydrogens (tertiary/aromatic N) is 2. The van der Waals surface area contributed by atoms with Gasteiger partial charge in [-0.15, -0.1) is 0 Å². The van der Waals surface area contributed by atoms with Gasteiger partial charge in [-0.2, -0.15) is 0 Å².